The molecule has 1 aromatic heterocycles. The van der Waals surface area contributed by atoms with Crippen molar-refractivity contribution in [3.05, 3.63) is 66.1 Å². The van der Waals surface area contributed by atoms with E-state index in [1.165, 1.54) is 14.2 Å². The first-order chi connectivity index (χ1) is 14.7. The van der Waals surface area contributed by atoms with Crippen molar-refractivity contribution in [3.8, 4) is 0 Å². The first-order valence-corrected chi connectivity index (χ1v) is 10.8. The van der Waals surface area contributed by atoms with Gasteiger partial charge in [-0.05, 0) is 35.9 Å². The predicted molar refractivity (Wildman–Crippen MR) is 112 cm³/mol. The highest BCUT2D eigenvalue weighted by atomic mass is 32.2. The molecule has 0 bridgehead atoms. The van der Waals surface area contributed by atoms with Crippen molar-refractivity contribution in [3.63, 3.8) is 0 Å². The molecule has 164 valence electrons. The number of aromatic nitrogens is 1. The summed E-state index contributed by atoms with van der Waals surface area (Å²) < 4.78 is 43.9. The van der Waals surface area contributed by atoms with Crippen LogP contribution in [0, 0.1) is 5.82 Å². The fourth-order valence-corrected chi connectivity index (χ4v) is 4.30. The summed E-state index contributed by atoms with van der Waals surface area (Å²) in [4.78, 5) is 27.7. The number of ether oxygens (including phenoxy) is 1. The number of hydrogen-bond acceptors (Lipinski definition) is 5. The number of benzene rings is 2. The average Bonchev–Trinajstić information content (AvgIpc) is 3.15. The molecule has 3 rings (SSSR count). The SMILES string of the molecule is COC(=O)[C@H](Cc1c[nH]c2ccccc12)NC(=O)CN(C)S(=O)(=O)c1ccc(F)cc1. The van der Waals surface area contributed by atoms with E-state index >= 15 is 0 Å². The van der Waals surface area contributed by atoms with Crippen LogP contribution in [0.1, 0.15) is 5.56 Å². The van der Waals surface area contributed by atoms with Crippen LogP contribution in [0.2, 0.25) is 0 Å². The fraction of sp³-hybridized carbons (Fsp3) is 0.238. The molecule has 8 nitrogen and oxygen atoms in total. The summed E-state index contributed by atoms with van der Waals surface area (Å²) in [5.41, 5.74) is 1.69. The summed E-state index contributed by atoms with van der Waals surface area (Å²) in [6.45, 7) is -0.527. The number of rotatable bonds is 8. The number of esters is 1. The van der Waals surface area contributed by atoms with Gasteiger partial charge < -0.3 is 15.0 Å². The Balaban J connectivity index is 1.72. The minimum absolute atomic E-state index is 0.146. The number of halogens is 1. The number of nitrogens with one attached hydrogen (secondary N) is 2. The molecule has 0 unspecified atom stereocenters. The number of methoxy groups -OCH3 is 1. The molecule has 2 aromatic carbocycles. The van der Waals surface area contributed by atoms with E-state index in [9.17, 15) is 22.4 Å². The van der Waals surface area contributed by atoms with Crippen LogP contribution in [0.4, 0.5) is 4.39 Å². The quantitative estimate of drug-likeness (QED) is 0.512. The van der Waals surface area contributed by atoms with Gasteiger partial charge in [0.25, 0.3) is 0 Å². The molecule has 31 heavy (non-hydrogen) atoms. The van der Waals surface area contributed by atoms with Crippen molar-refractivity contribution in [2.75, 3.05) is 20.7 Å². The summed E-state index contributed by atoms with van der Waals surface area (Å²) in [7, 11) is -1.57. The molecule has 0 aliphatic carbocycles. The van der Waals surface area contributed by atoms with E-state index in [0.717, 1.165) is 45.0 Å². The number of carbonyl (C=O) groups excluding carboxylic acids is 2. The van der Waals surface area contributed by atoms with Crippen molar-refractivity contribution in [2.24, 2.45) is 0 Å². The maximum absolute atomic E-state index is 13.1. The zero-order valence-corrected chi connectivity index (χ0v) is 17.8. The van der Waals surface area contributed by atoms with Crippen LogP contribution in [0.3, 0.4) is 0 Å². The Kier molecular flexibility index (Phi) is 6.71. The van der Waals surface area contributed by atoms with E-state index in [1.807, 2.05) is 24.3 Å². The smallest absolute Gasteiger partial charge is 0.328 e. The minimum atomic E-state index is -4.01. The largest absolute Gasteiger partial charge is 0.467 e. The van der Waals surface area contributed by atoms with Gasteiger partial charge in [-0.1, -0.05) is 18.2 Å². The number of hydrogen-bond donors (Lipinski definition) is 2. The van der Waals surface area contributed by atoms with E-state index in [4.69, 9.17) is 4.74 Å². The van der Waals surface area contributed by atoms with E-state index in [1.54, 1.807) is 6.20 Å². The van der Waals surface area contributed by atoms with Crippen LogP contribution < -0.4 is 5.32 Å². The third kappa shape index (κ3) is 5.09. The number of aromatic amines is 1. The number of carbonyl (C=O) groups is 2. The third-order valence-electron chi connectivity index (χ3n) is 4.81. The van der Waals surface area contributed by atoms with Gasteiger partial charge in [-0.3, -0.25) is 4.79 Å². The monoisotopic (exact) mass is 447 g/mol. The molecule has 1 amide bonds. The van der Waals surface area contributed by atoms with Crippen LogP contribution >= 0.6 is 0 Å². The summed E-state index contributed by atoms with van der Waals surface area (Å²) in [5.74, 6) is -1.90. The molecule has 0 aliphatic rings. The molecule has 0 fully saturated rings. The van der Waals surface area contributed by atoms with Crippen LogP contribution in [-0.2, 0) is 30.8 Å². The lowest BCUT2D eigenvalue weighted by Crippen LogP contribution is -2.47. The Bertz CT molecular complexity index is 1190. The number of amides is 1. The standard InChI is InChI=1S/C21H22FN3O5S/c1-25(31(28,29)16-9-7-15(22)8-10-16)13-20(26)24-19(21(27)30-2)11-14-12-23-18-6-4-3-5-17(14)18/h3-10,12,19,23H,11,13H2,1-2H3,(H,24,26)/t19-/m0/s1. The van der Waals surface area contributed by atoms with Gasteiger partial charge in [0.2, 0.25) is 15.9 Å². The summed E-state index contributed by atoms with van der Waals surface area (Å²) in [6.07, 6.45) is 1.91. The molecule has 3 aromatic rings. The van der Waals surface area contributed by atoms with E-state index in [0.29, 0.717) is 0 Å². The summed E-state index contributed by atoms with van der Waals surface area (Å²) in [5, 5.41) is 3.45. The fourth-order valence-electron chi connectivity index (χ4n) is 3.17. The maximum Gasteiger partial charge on any atom is 0.328 e. The van der Waals surface area contributed by atoms with E-state index in [-0.39, 0.29) is 11.3 Å². The van der Waals surface area contributed by atoms with Crippen molar-refractivity contribution >= 4 is 32.8 Å². The molecule has 2 N–H and O–H groups in total. The molecular formula is C21H22FN3O5S. The first kappa shape index (κ1) is 22.4. The van der Waals surface area contributed by atoms with E-state index in [2.05, 4.69) is 10.3 Å². The Morgan fingerprint density at radius 2 is 1.84 bits per heavy atom. The zero-order valence-electron chi connectivity index (χ0n) is 17.0. The highest BCUT2D eigenvalue weighted by Crippen LogP contribution is 2.19. The topological polar surface area (TPSA) is 109 Å². The van der Waals surface area contributed by atoms with Crippen molar-refractivity contribution < 1.29 is 27.1 Å². The Hall–Kier alpha value is -3.24. The maximum atomic E-state index is 13.1. The Morgan fingerprint density at radius 1 is 1.16 bits per heavy atom. The van der Waals surface area contributed by atoms with Crippen molar-refractivity contribution in [1.29, 1.82) is 0 Å². The van der Waals surface area contributed by atoms with Crippen LogP contribution in [0.25, 0.3) is 10.9 Å². The van der Waals surface area contributed by atoms with Gasteiger partial charge in [0.05, 0.1) is 18.6 Å². The molecule has 1 atom stereocenters. The summed E-state index contributed by atoms with van der Waals surface area (Å²) >= 11 is 0. The number of nitrogens with zero attached hydrogens (tertiary/aromatic N) is 1. The minimum Gasteiger partial charge on any atom is -0.467 e. The molecule has 0 radical (unpaired) electrons. The highest BCUT2D eigenvalue weighted by Gasteiger charge is 2.27. The van der Waals surface area contributed by atoms with Crippen LogP contribution in [0.5, 0.6) is 0 Å². The highest BCUT2D eigenvalue weighted by molar-refractivity contribution is 7.89. The molecule has 0 saturated heterocycles. The number of H-pyrrole nitrogens is 1. The number of sulfonamides is 1. The second-order valence-corrected chi connectivity index (χ2v) is 8.97. The van der Waals surface area contributed by atoms with E-state index < -0.39 is 40.3 Å². The van der Waals surface area contributed by atoms with Gasteiger partial charge in [-0.2, -0.15) is 4.31 Å². The summed E-state index contributed by atoms with van der Waals surface area (Å²) in [6, 6.07) is 10.8. The lowest BCUT2D eigenvalue weighted by molar-refractivity contribution is -0.145. The molecule has 0 spiro atoms. The molecule has 0 saturated carbocycles. The number of para-hydroxylation sites is 1. The Morgan fingerprint density at radius 3 is 2.52 bits per heavy atom. The van der Waals surface area contributed by atoms with Gasteiger partial charge in [0.1, 0.15) is 11.9 Å². The predicted octanol–water partition coefficient (Wildman–Crippen LogP) is 1.83. The lowest BCUT2D eigenvalue weighted by atomic mass is 10.0. The van der Waals surface area contributed by atoms with Crippen LogP contribution in [-0.4, -0.2) is 56.3 Å². The zero-order chi connectivity index (χ0) is 22.6. The average molecular weight is 447 g/mol. The molecule has 10 heteroatoms. The van der Waals surface area contributed by atoms with Gasteiger partial charge >= 0.3 is 5.97 Å². The third-order valence-corrected chi connectivity index (χ3v) is 6.63. The first-order valence-electron chi connectivity index (χ1n) is 9.36. The van der Waals surface area contributed by atoms with Crippen molar-refractivity contribution in [1.82, 2.24) is 14.6 Å². The molecule has 1 heterocycles. The normalized spacial score (nSPS) is 12.6. The van der Waals surface area contributed by atoms with Gasteiger partial charge in [0.15, 0.2) is 0 Å². The Labute approximate surface area is 179 Å². The molecule has 0 aliphatic heterocycles. The van der Waals surface area contributed by atoms with Crippen LogP contribution in [0.15, 0.2) is 59.6 Å². The lowest BCUT2D eigenvalue weighted by Gasteiger charge is -2.20. The van der Waals surface area contributed by atoms with Crippen molar-refractivity contribution in [2.45, 2.75) is 17.4 Å². The number of likely N-dealkylation sites (N-methyl/N-ethyl adjacent to an activating group) is 1. The molecular weight excluding hydrogens is 425 g/mol. The van der Waals surface area contributed by atoms with Gasteiger partial charge in [0, 0.05) is 30.6 Å². The second kappa shape index (κ2) is 9.27. The number of fused-ring (bicyclic) bond motifs is 1. The van der Waals surface area contributed by atoms with Gasteiger partial charge in [-0.25, -0.2) is 17.6 Å². The van der Waals surface area contributed by atoms with Gasteiger partial charge in [-0.15, -0.1) is 0 Å². The second-order valence-electron chi connectivity index (χ2n) is 6.92.